The molecule has 0 saturated heterocycles. The lowest BCUT2D eigenvalue weighted by atomic mass is 10.1. The first-order valence-corrected chi connectivity index (χ1v) is 6.16. The SMILES string of the molecule is Cc1c(N)cccc1C(=O)NCCCn1ccnn1. The van der Waals surface area contributed by atoms with Crippen molar-refractivity contribution in [3.05, 3.63) is 41.7 Å². The van der Waals surface area contributed by atoms with E-state index in [0.717, 1.165) is 18.5 Å². The van der Waals surface area contributed by atoms with Gasteiger partial charge >= 0.3 is 0 Å². The van der Waals surface area contributed by atoms with Crippen molar-refractivity contribution in [2.24, 2.45) is 0 Å². The first kappa shape index (κ1) is 13.1. The average Bonchev–Trinajstić information content (AvgIpc) is 2.91. The first-order chi connectivity index (χ1) is 9.18. The van der Waals surface area contributed by atoms with Gasteiger partial charge in [-0.25, -0.2) is 0 Å². The largest absolute Gasteiger partial charge is 0.398 e. The third kappa shape index (κ3) is 3.31. The molecule has 0 fully saturated rings. The topological polar surface area (TPSA) is 85.8 Å². The lowest BCUT2D eigenvalue weighted by Crippen LogP contribution is -2.26. The van der Waals surface area contributed by atoms with E-state index in [1.54, 1.807) is 35.3 Å². The van der Waals surface area contributed by atoms with Crippen LogP contribution >= 0.6 is 0 Å². The molecular formula is C13H17N5O. The normalized spacial score (nSPS) is 10.4. The summed E-state index contributed by atoms with van der Waals surface area (Å²) in [5.41, 5.74) is 7.86. The Bertz CT molecular complexity index is 550. The van der Waals surface area contributed by atoms with Gasteiger partial charge in [-0.15, -0.1) is 5.10 Å². The van der Waals surface area contributed by atoms with Crippen molar-refractivity contribution >= 4 is 11.6 Å². The van der Waals surface area contributed by atoms with Crippen LogP contribution in [0.15, 0.2) is 30.6 Å². The molecule has 0 saturated carbocycles. The summed E-state index contributed by atoms with van der Waals surface area (Å²) >= 11 is 0. The van der Waals surface area contributed by atoms with Crippen LogP contribution < -0.4 is 11.1 Å². The molecule has 0 unspecified atom stereocenters. The number of nitrogens with one attached hydrogen (secondary N) is 1. The maximum absolute atomic E-state index is 12.0. The molecule has 2 rings (SSSR count). The molecule has 0 aliphatic heterocycles. The van der Waals surface area contributed by atoms with Gasteiger partial charge in [-0.2, -0.15) is 0 Å². The number of nitrogens with zero attached hydrogens (tertiary/aromatic N) is 3. The molecule has 6 heteroatoms. The second kappa shape index (κ2) is 5.99. The lowest BCUT2D eigenvalue weighted by molar-refractivity contribution is 0.0952. The van der Waals surface area contributed by atoms with Crippen LogP contribution in [0, 0.1) is 6.92 Å². The van der Waals surface area contributed by atoms with E-state index < -0.39 is 0 Å². The van der Waals surface area contributed by atoms with E-state index in [1.165, 1.54) is 0 Å². The summed E-state index contributed by atoms with van der Waals surface area (Å²) in [6.45, 7) is 3.17. The second-order valence-corrected chi connectivity index (χ2v) is 4.30. The molecule has 0 bridgehead atoms. The van der Waals surface area contributed by atoms with Crippen molar-refractivity contribution < 1.29 is 4.79 Å². The number of anilines is 1. The molecule has 6 nitrogen and oxygen atoms in total. The van der Waals surface area contributed by atoms with E-state index in [-0.39, 0.29) is 5.91 Å². The van der Waals surface area contributed by atoms with E-state index in [1.807, 2.05) is 6.92 Å². The molecule has 2 aromatic rings. The Kier molecular flexibility index (Phi) is 4.12. The van der Waals surface area contributed by atoms with E-state index in [4.69, 9.17) is 5.73 Å². The molecule has 0 aliphatic carbocycles. The fraction of sp³-hybridized carbons (Fsp3) is 0.308. The molecule has 1 amide bonds. The van der Waals surface area contributed by atoms with Crippen LogP contribution in [0.4, 0.5) is 5.69 Å². The molecular weight excluding hydrogens is 242 g/mol. The van der Waals surface area contributed by atoms with Crippen LogP contribution in [0.1, 0.15) is 22.3 Å². The Morgan fingerprint density at radius 3 is 3.05 bits per heavy atom. The Hall–Kier alpha value is -2.37. The maximum atomic E-state index is 12.0. The van der Waals surface area contributed by atoms with Crippen molar-refractivity contribution in [3.63, 3.8) is 0 Å². The minimum Gasteiger partial charge on any atom is -0.398 e. The summed E-state index contributed by atoms with van der Waals surface area (Å²) in [7, 11) is 0. The predicted octanol–water partition coefficient (Wildman–Crippen LogP) is 0.989. The zero-order valence-electron chi connectivity index (χ0n) is 10.8. The number of hydrogen-bond acceptors (Lipinski definition) is 4. The van der Waals surface area contributed by atoms with Crippen molar-refractivity contribution in [2.75, 3.05) is 12.3 Å². The van der Waals surface area contributed by atoms with Crippen molar-refractivity contribution in [1.82, 2.24) is 20.3 Å². The number of aryl methyl sites for hydroxylation is 1. The maximum Gasteiger partial charge on any atom is 0.251 e. The van der Waals surface area contributed by atoms with Crippen LogP contribution in [-0.4, -0.2) is 27.4 Å². The van der Waals surface area contributed by atoms with Gasteiger partial charge in [0, 0.05) is 30.5 Å². The summed E-state index contributed by atoms with van der Waals surface area (Å²) in [5, 5.41) is 10.4. The van der Waals surface area contributed by atoms with Crippen LogP contribution in [0.3, 0.4) is 0 Å². The molecule has 0 spiro atoms. The number of carbonyl (C=O) groups is 1. The smallest absolute Gasteiger partial charge is 0.251 e. The van der Waals surface area contributed by atoms with E-state index in [2.05, 4.69) is 15.6 Å². The summed E-state index contributed by atoms with van der Waals surface area (Å²) in [4.78, 5) is 12.0. The predicted molar refractivity (Wildman–Crippen MR) is 72.6 cm³/mol. The van der Waals surface area contributed by atoms with Crippen LogP contribution in [-0.2, 0) is 6.54 Å². The standard InChI is InChI=1S/C13H17N5O/c1-10-11(4-2-5-12(10)14)13(19)15-6-3-8-18-9-7-16-17-18/h2,4-5,7,9H,3,6,8,14H2,1H3,(H,15,19). The molecule has 19 heavy (non-hydrogen) atoms. The Balaban J connectivity index is 1.83. The Morgan fingerprint density at radius 2 is 2.32 bits per heavy atom. The molecule has 1 aromatic carbocycles. The Labute approximate surface area is 111 Å². The highest BCUT2D eigenvalue weighted by molar-refractivity contribution is 5.96. The van der Waals surface area contributed by atoms with Gasteiger partial charge in [0.15, 0.2) is 0 Å². The second-order valence-electron chi connectivity index (χ2n) is 4.30. The van der Waals surface area contributed by atoms with Crippen molar-refractivity contribution in [2.45, 2.75) is 19.9 Å². The van der Waals surface area contributed by atoms with E-state index >= 15 is 0 Å². The fourth-order valence-electron chi connectivity index (χ4n) is 1.79. The minimum absolute atomic E-state index is 0.0941. The highest BCUT2D eigenvalue weighted by Gasteiger charge is 2.09. The monoisotopic (exact) mass is 259 g/mol. The number of rotatable bonds is 5. The van der Waals surface area contributed by atoms with Gasteiger partial charge in [-0.3, -0.25) is 9.48 Å². The molecule has 0 atom stereocenters. The van der Waals surface area contributed by atoms with Gasteiger partial charge in [0.1, 0.15) is 0 Å². The molecule has 0 radical (unpaired) electrons. The van der Waals surface area contributed by atoms with Crippen molar-refractivity contribution in [1.29, 1.82) is 0 Å². The highest BCUT2D eigenvalue weighted by atomic mass is 16.1. The summed E-state index contributed by atoms with van der Waals surface area (Å²) < 4.78 is 1.73. The number of hydrogen-bond donors (Lipinski definition) is 2. The molecule has 0 aliphatic rings. The van der Waals surface area contributed by atoms with E-state index in [9.17, 15) is 4.79 Å². The lowest BCUT2D eigenvalue weighted by Gasteiger charge is -2.09. The molecule has 100 valence electrons. The molecule has 1 heterocycles. The first-order valence-electron chi connectivity index (χ1n) is 6.16. The Morgan fingerprint density at radius 1 is 1.47 bits per heavy atom. The van der Waals surface area contributed by atoms with Gasteiger partial charge in [-0.1, -0.05) is 11.3 Å². The third-order valence-corrected chi connectivity index (χ3v) is 2.94. The average molecular weight is 259 g/mol. The van der Waals surface area contributed by atoms with Gasteiger partial charge in [-0.05, 0) is 31.0 Å². The number of nitrogens with two attached hydrogens (primary N) is 1. The number of carbonyl (C=O) groups excluding carboxylic acids is 1. The summed E-state index contributed by atoms with van der Waals surface area (Å²) in [6.07, 6.45) is 4.23. The molecule has 3 N–H and O–H groups in total. The van der Waals surface area contributed by atoms with Crippen LogP contribution in [0.25, 0.3) is 0 Å². The van der Waals surface area contributed by atoms with Gasteiger partial charge in [0.25, 0.3) is 5.91 Å². The number of benzene rings is 1. The van der Waals surface area contributed by atoms with E-state index in [0.29, 0.717) is 17.8 Å². The quantitative estimate of drug-likeness (QED) is 0.619. The summed E-state index contributed by atoms with van der Waals surface area (Å²) in [5.74, 6) is -0.0941. The molecule has 1 aromatic heterocycles. The minimum atomic E-state index is -0.0941. The van der Waals surface area contributed by atoms with Crippen molar-refractivity contribution in [3.8, 4) is 0 Å². The van der Waals surface area contributed by atoms with Gasteiger partial charge in [0.2, 0.25) is 0 Å². The zero-order chi connectivity index (χ0) is 13.7. The summed E-state index contributed by atoms with van der Waals surface area (Å²) in [6, 6.07) is 5.35. The van der Waals surface area contributed by atoms with Crippen LogP contribution in [0.2, 0.25) is 0 Å². The van der Waals surface area contributed by atoms with Crippen LogP contribution in [0.5, 0.6) is 0 Å². The van der Waals surface area contributed by atoms with Gasteiger partial charge in [0.05, 0.1) is 6.20 Å². The third-order valence-electron chi connectivity index (χ3n) is 2.94. The fourth-order valence-corrected chi connectivity index (χ4v) is 1.79. The number of aromatic nitrogens is 3. The number of nitrogen functional groups attached to an aromatic ring is 1. The highest BCUT2D eigenvalue weighted by Crippen LogP contribution is 2.15. The number of amides is 1. The van der Waals surface area contributed by atoms with Gasteiger partial charge < -0.3 is 11.1 Å². The zero-order valence-corrected chi connectivity index (χ0v) is 10.8.